The van der Waals surface area contributed by atoms with Crippen LogP contribution in [0.15, 0.2) is 54.9 Å². The fraction of sp³-hybridized carbons (Fsp3) is 0.400. The lowest BCUT2D eigenvalue weighted by molar-refractivity contribution is 0.249. The van der Waals surface area contributed by atoms with Crippen molar-refractivity contribution in [3.8, 4) is 0 Å². The molecule has 0 atom stereocenters. The molecular formula is C30H39N7O2S. The molecule has 0 saturated carbocycles. The molecule has 2 aromatic carbocycles. The Morgan fingerprint density at radius 3 is 2.45 bits per heavy atom. The number of anilines is 4. The number of aryl methyl sites for hydroxylation is 2. The Kier molecular flexibility index (Phi) is 7.74. The highest BCUT2D eigenvalue weighted by atomic mass is 32.2. The summed E-state index contributed by atoms with van der Waals surface area (Å²) in [7, 11) is 2.53. The quantitative estimate of drug-likeness (QED) is 0.332. The summed E-state index contributed by atoms with van der Waals surface area (Å²) in [5.41, 5.74) is 6.85. The Labute approximate surface area is 237 Å². The first-order valence-electron chi connectivity index (χ1n) is 13.6. The van der Waals surface area contributed by atoms with Crippen molar-refractivity contribution in [2.75, 3.05) is 55.0 Å². The molecule has 1 aliphatic rings. The van der Waals surface area contributed by atoms with Crippen LogP contribution in [0.1, 0.15) is 29.5 Å². The molecule has 212 valence electrons. The number of fused-ring (bicyclic) bond motifs is 1. The first kappa shape index (κ1) is 27.9. The topological polar surface area (TPSA) is 86.6 Å². The molecule has 0 radical (unpaired) electrons. The highest BCUT2D eigenvalue weighted by Crippen LogP contribution is 2.29. The molecule has 0 unspecified atom stereocenters. The molecule has 9 nitrogen and oxygen atoms in total. The summed E-state index contributed by atoms with van der Waals surface area (Å²) in [6.45, 7) is 6.77. The normalized spacial score (nSPS) is 14.7. The molecule has 0 amide bonds. The standard InChI is InChI=1S/C30H39N7O2S/c1-21-7-9-28(35(5)40(6,38)39)24(17-21)20-37-14-11-23-19-31-30(33-29(23)37)32-25-8-10-27(22(2)18-25)36-15-12-26(13-16-36)34(3)4/h7-11,14,17-19,26H,12-13,15-16,20H2,1-6H3,(H,31,32,33). The molecule has 0 spiro atoms. The van der Waals surface area contributed by atoms with Crippen LogP contribution in [0.4, 0.5) is 23.0 Å². The molecule has 0 bridgehead atoms. The third kappa shape index (κ3) is 5.93. The third-order valence-corrected chi connectivity index (χ3v) is 9.09. The molecule has 0 aliphatic carbocycles. The minimum Gasteiger partial charge on any atom is -0.371 e. The van der Waals surface area contributed by atoms with Gasteiger partial charge < -0.3 is 19.7 Å². The molecule has 1 saturated heterocycles. The zero-order chi connectivity index (χ0) is 28.6. The molecule has 40 heavy (non-hydrogen) atoms. The molecule has 1 fully saturated rings. The van der Waals surface area contributed by atoms with Gasteiger partial charge in [0.05, 0.1) is 18.5 Å². The predicted octanol–water partition coefficient (Wildman–Crippen LogP) is 4.77. The van der Waals surface area contributed by atoms with Crippen molar-refractivity contribution in [2.24, 2.45) is 0 Å². The second-order valence-electron chi connectivity index (χ2n) is 11.1. The summed E-state index contributed by atoms with van der Waals surface area (Å²) in [5, 5.41) is 4.30. The smallest absolute Gasteiger partial charge is 0.232 e. The van der Waals surface area contributed by atoms with Gasteiger partial charge in [0.1, 0.15) is 5.65 Å². The van der Waals surface area contributed by atoms with Crippen LogP contribution in [-0.4, -0.2) is 74.4 Å². The van der Waals surface area contributed by atoms with Gasteiger partial charge in [0, 0.05) is 55.3 Å². The van der Waals surface area contributed by atoms with Gasteiger partial charge in [0.15, 0.2) is 0 Å². The summed E-state index contributed by atoms with van der Waals surface area (Å²) >= 11 is 0. The van der Waals surface area contributed by atoms with Crippen LogP contribution < -0.4 is 14.5 Å². The lowest BCUT2D eigenvalue weighted by atomic mass is 10.0. The minimum absolute atomic E-state index is 0.481. The van der Waals surface area contributed by atoms with Gasteiger partial charge in [-0.2, -0.15) is 4.98 Å². The van der Waals surface area contributed by atoms with E-state index in [1.807, 2.05) is 48.1 Å². The molecule has 10 heteroatoms. The van der Waals surface area contributed by atoms with Gasteiger partial charge in [-0.1, -0.05) is 17.7 Å². The van der Waals surface area contributed by atoms with E-state index in [0.717, 1.165) is 40.9 Å². The van der Waals surface area contributed by atoms with Crippen LogP contribution in [0.5, 0.6) is 0 Å². The van der Waals surface area contributed by atoms with Crippen molar-refractivity contribution >= 4 is 44.1 Å². The van der Waals surface area contributed by atoms with Crippen molar-refractivity contribution in [3.05, 3.63) is 71.5 Å². The first-order chi connectivity index (χ1) is 19.0. The van der Waals surface area contributed by atoms with Gasteiger partial charge in [-0.3, -0.25) is 4.31 Å². The van der Waals surface area contributed by atoms with E-state index in [1.165, 1.54) is 34.7 Å². The van der Waals surface area contributed by atoms with Crippen molar-refractivity contribution < 1.29 is 8.42 Å². The summed E-state index contributed by atoms with van der Waals surface area (Å²) in [4.78, 5) is 14.2. The van der Waals surface area contributed by atoms with Crippen LogP contribution >= 0.6 is 0 Å². The van der Waals surface area contributed by atoms with Crippen LogP contribution in [0.3, 0.4) is 0 Å². The number of benzene rings is 2. The van der Waals surface area contributed by atoms with Gasteiger partial charge in [0.2, 0.25) is 16.0 Å². The van der Waals surface area contributed by atoms with Crippen molar-refractivity contribution in [1.29, 1.82) is 0 Å². The number of nitrogens with zero attached hydrogens (tertiary/aromatic N) is 6. The van der Waals surface area contributed by atoms with Crippen molar-refractivity contribution in [2.45, 2.75) is 39.3 Å². The van der Waals surface area contributed by atoms with E-state index in [0.29, 0.717) is 24.2 Å². The lowest BCUT2D eigenvalue weighted by Gasteiger charge is -2.37. The van der Waals surface area contributed by atoms with E-state index in [-0.39, 0.29) is 0 Å². The molecule has 4 aromatic rings. The van der Waals surface area contributed by atoms with Crippen molar-refractivity contribution in [1.82, 2.24) is 19.4 Å². The van der Waals surface area contributed by atoms with E-state index in [9.17, 15) is 8.42 Å². The number of hydrogen-bond acceptors (Lipinski definition) is 7. The van der Waals surface area contributed by atoms with E-state index in [1.54, 1.807) is 7.05 Å². The van der Waals surface area contributed by atoms with Crippen LogP contribution in [0.25, 0.3) is 11.0 Å². The largest absolute Gasteiger partial charge is 0.371 e. The summed E-state index contributed by atoms with van der Waals surface area (Å²) in [5.74, 6) is 0.518. The Morgan fingerprint density at radius 1 is 1.02 bits per heavy atom. The maximum Gasteiger partial charge on any atom is 0.232 e. The van der Waals surface area contributed by atoms with Gasteiger partial charge >= 0.3 is 0 Å². The monoisotopic (exact) mass is 561 g/mol. The van der Waals surface area contributed by atoms with Gasteiger partial charge in [-0.25, -0.2) is 13.4 Å². The van der Waals surface area contributed by atoms with Crippen LogP contribution in [0.2, 0.25) is 0 Å². The first-order valence-corrected chi connectivity index (χ1v) is 15.5. The van der Waals surface area contributed by atoms with Gasteiger partial charge in [-0.05, 0) is 82.2 Å². The Morgan fingerprint density at radius 2 is 1.77 bits per heavy atom. The van der Waals surface area contributed by atoms with Gasteiger partial charge in [-0.15, -0.1) is 0 Å². The van der Waals surface area contributed by atoms with Gasteiger partial charge in [0.25, 0.3) is 0 Å². The summed E-state index contributed by atoms with van der Waals surface area (Å²) < 4.78 is 27.9. The average Bonchev–Trinajstić information content (AvgIpc) is 3.30. The van der Waals surface area contributed by atoms with E-state index in [4.69, 9.17) is 4.98 Å². The number of piperidine rings is 1. The zero-order valence-electron chi connectivity index (χ0n) is 24.2. The average molecular weight is 562 g/mol. The number of hydrogen-bond donors (Lipinski definition) is 1. The molecule has 1 N–H and O–H groups in total. The van der Waals surface area contributed by atoms with E-state index < -0.39 is 10.0 Å². The zero-order valence-corrected chi connectivity index (χ0v) is 25.0. The predicted molar refractivity (Wildman–Crippen MR) is 164 cm³/mol. The fourth-order valence-corrected chi connectivity index (χ4v) is 6.04. The van der Waals surface area contributed by atoms with Crippen LogP contribution in [0, 0.1) is 13.8 Å². The number of sulfonamides is 1. The molecule has 5 rings (SSSR count). The summed E-state index contributed by atoms with van der Waals surface area (Å²) in [6, 6.07) is 14.9. The molecular weight excluding hydrogens is 522 g/mol. The minimum atomic E-state index is -3.39. The third-order valence-electron chi connectivity index (χ3n) is 7.90. The second-order valence-corrected chi connectivity index (χ2v) is 13.1. The summed E-state index contributed by atoms with van der Waals surface area (Å²) in [6.07, 6.45) is 7.35. The molecule has 3 heterocycles. The highest BCUT2D eigenvalue weighted by molar-refractivity contribution is 7.92. The maximum atomic E-state index is 12.3. The Balaban J connectivity index is 1.36. The number of nitrogens with one attached hydrogen (secondary N) is 1. The van der Waals surface area contributed by atoms with E-state index in [2.05, 4.69) is 59.3 Å². The fourth-order valence-electron chi connectivity index (χ4n) is 5.51. The molecule has 1 aliphatic heterocycles. The Bertz CT molecular complexity index is 1620. The number of aromatic nitrogens is 3. The van der Waals surface area contributed by atoms with Crippen LogP contribution in [-0.2, 0) is 16.6 Å². The molecule has 2 aromatic heterocycles. The second kappa shape index (κ2) is 11.1. The van der Waals surface area contributed by atoms with Crippen molar-refractivity contribution in [3.63, 3.8) is 0 Å². The highest BCUT2D eigenvalue weighted by Gasteiger charge is 2.22. The maximum absolute atomic E-state index is 12.3. The SMILES string of the molecule is Cc1ccc(N(C)S(C)(=O)=O)c(Cn2ccc3cnc(Nc4ccc(N5CCC(N(C)C)CC5)c(C)c4)nc32)c1. The number of rotatable bonds is 8. The van der Waals surface area contributed by atoms with E-state index >= 15 is 0 Å². The Hall–Kier alpha value is -3.63. The lowest BCUT2D eigenvalue weighted by Crippen LogP contribution is -2.42.